The number of rotatable bonds is 5. The molecule has 2 heterocycles. The number of aromatic nitrogens is 1. The van der Waals surface area contributed by atoms with Crippen molar-refractivity contribution in [2.45, 2.75) is 6.54 Å². The second kappa shape index (κ2) is 7.94. The molecule has 3 nitrogen and oxygen atoms in total. The lowest BCUT2D eigenvalue weighted by Gasteiger charge is -2.00. The molecule has 2 aromatic heterocycles. The molecule has 1 aromatic carbocycles. The zero-order chi connectivity index (χ0) is 15.4. The lowest BCUT2D eigenvalue weighted by atomic mass is 10.0. The van der Waals surface area contributed by atoms with Gasteiger partial charge in [-0.1, -0.05) is 36.4 Å². The van der Waals surface area contributed by atoms with Gasteiger partial charge in [0.05, 0.1) is 4.88 Å². The second-order valence-electron chi connectivity index (χ2n) is 4.85. The summed E-state index contributed by atoms with van der Waals surface area (Å²) in [6.07, 6.45) is 3.53. The van der Waals surface area contributed by atoms with E-state index < -0.39 is 0 Å². The molecule has 0 unspecified atom stereocenters. The molecular formula is C18H15BrNO2S+. The molecule has 0 amide bonds. The van der Waals surface area contributed by atoms with Gasteiger partial charge in [0.25, 0.3) is 0 Å². The standard InChI is InChI=1S/C18H14NO2S.BrH/c20-16(17-7-4-12-22-17)13-19-10-8-15(9-11-19)18(21)14-5-2-1-3-6-14;/h1-12H,13H2;1H/q+1;. The van der Waals surface area contributed by atoms with Gasteiger partial charge < -0.3 is 0 Å². The maximum Gasteiger partial charge on any atom is 0.237 e. The number of halogens is 1. The Morgan fingerprint density at radius 3 is 2.13 bits per heavy atom. The minimum atomic E-state index is -0.0164. The zero-order valence-electron chi connectivity index (χ0n) is 12.2. The largest absolute Gasteiger partial charge is 0.289 e. The highest BCUT2D eigenvalue weighted by molar-refractivity contribution is 8.93. The number of nitrogens with zero attached hydrogens (tertiary/aromatic N) is 1. The summed E-state index contributed by atoms with van der Waals surface area (Å²) in [4.78, 5) is 25.1. The van der Waals surface area contributed by atoms with Gasteiger partial charge in [-0.15, -0.1) is 28.3 Å². The van der Waals surface area contributed by atoms with Crippen molar-refractivity contribution in [1.82, 2.24) is 0 Å². The Morgan fingerprint density at radius 2 is 1.52 bits per heavy atom. The number of hydrogen-bond donors (Lipinski definition) is 0. The SMILES string of the molecule is Br.O=C(c1ccccc1)c1cc[n+](CC(=O)c2cccs2)cc1. The van der Waals surface area contributed by atoms with Crippen LogP contribution >= 0.6 is 28.3 Å². The maximum absolute atomic E-state index is 12.3. The fourth-order valence-corrected chi connectivity index (χ4v) is 2.81. The van der Waals surface area contributed by atoms with E-state index in [4.69, 9.17) is 0 Å². The van der Waals surface area contributed by atoms with E-state index in [1.165, 1.54) is 11.3 Å². The molecule has 0 bridgehead atoms. The molecule has 0 N–H and O–H groups in total. The molecule has 116 valence electrons. The summed E-state index contributed by atoms with van der Waals surface area (Å²) in [5, 5.41) is 1.89. The van der Waals surface area contributed by atoms with Gasteiger partial charge in [-0.2, -0.15) is 4.57 Å². The van der Waals surface area contributed by atoms with E-state index in [0.717, 1.165) is 4.88 Å². The van der Waals surface area contributed by atoms with Gasteiger partial charge in [-0.3, -0.25) is 9.59 Å². The highest BCUT2D eigenvalue weighted by Gasteiger charge is 2.14. The molecular weight excluding hydrogens is 374 g/mol. The number of carbonyl (C=O) groups excluding carboxylic acids is 2. The number of thiophene rings is 1. The Bertz CT molecular complexity index is 784. The van der Waals surface area contributed by atoms with E-state index in [1.807, 2.05) is 35.7 Å². The molecule has 5 heteroatoms. The molecule has 0 aliphatic heterocycles. The lowest BCUT2D eigenvalue weighted by Crippen LogP contribution is -2.37. The summed E-state index contributed by atoms with van der Waals surface area (Å²) in [7, 11) is 0. The average Bonchev–Trinajstić information content (AvgIpc) is 3.10. The summed E-state index contributed by atoms with van der Waals surface area (Å²) in [6, 6.07) is 16.3. The van der Waals surface area contributed by atoms with E-state index >= 15 is 0 Å². The van der Waals surface area contributed by atoms with E-state index in [9.17, 15) is 9.59 Å². The van der Waals surface area contributed by atoms with Crippen molar-refractivity contribution in [2.24, 2.45) is 0 Å². The highest BCUT2D eigenvalue weighted by Crippen LogP contribution is 2.10. The van der Waals surface area contributed by atoms with Crippen LogP contribution in [-0.4, -0.2) is 11.6 Å². The first-order valence-electron chi connectivity index (χ1n) is 6.89. The van der Waals surface area contributed by atoms with Gasteiger partial charge >= 0.3 is 0 Å². The van der Waals surface area contributed by atoms with Crippen LogP contribution < -0.4 is 4.57 Å². The molecule has 3 aromatic rings. The van der Waals surface area contributed by atoms with E-state index in [1.54, 1.807) is 41.2 Å². The van der Waals surface area contributed by atoms with E-state index in [2.05, 4.69) is 0 Å². The summed E-state index contributed by atoms with van der Waals surface area (Å²) in [5.41, 5.74) is 1.28. The fourth-order valence-electron chi connectivity index (χ4n) is 2.15. The van der Waals surface area contributed by atoms with Crippen molar-refractivity contribution >= 4 is 39.9 Å². The van der Waals surface area contributed by atoms with Crippen LogP contribution in [0.1, 0.15) is 25.6 Å². The minimum absolute atomic E-state index is 0. The van der Waals surface area contributed by atoms with Crippen LogP contribution in [0.25, 0.3) is 0 Å². The van der Waals surface area contributed by atoms with Crippen LogP contribution in [0.15, 0.2) is 72.4 Å². The lowest BCUT2D eigenvalue weighted by molar-refractivity contribution is -0.683. The van der Waals surface area contributed by atoms with Gasteiger partial charge in [0.15, 0.2) is 18.2 Å². The Kier molecular flexibility index (Phi) is 5.96. The Morgan fingerprint density at radius 1 is 0.870 bits per heavy atom. The van der Waals surface area contributed by atoms with Gasteiger partial charge in [0, 0.05) is 23.3 Å². The molecule has 3 rings (SSSR count). The molecule has 0 aliphatic rings. The highest BCUT2D eigenvalue weighted by atomic mass is 79.9. The quantitative estimate of drug-likeness (QED) is 0.493. The predicted molar refractivity (Wildman–Crippen MR) is 95.5 cm³/mol. The van der Waals surface area contributed by atoms with Crippen LogP contribution in [0.3, 0.4) is 0 Å². The number of ketones is 2. The first-order valence-corrected chi connectivity index (χ1v) is 7.77. The predicted octanol–water partition coefficient (Wildman–Crippen LogP) is 3.73. The fraction of sp³-hybridized carbons (Fsp3) is 0.0556. The van der Waals surface area contributed by atoms with Crippen LogP contribution in [-0.2, 0) is 6.54 Å². The summed E-state index contributed by atoms with van der Waals surface area (Å²) in [6.45, 7) is 0.278. The normalized spacial score (nSPS) is 9.91. The van der Waals surface area contributed by atoms with Crippen molar-refractivity contribution in [3.05, 3.63) is 88.4 Å². The molecule has 0 atom stereocenters. The smallest absolute Gasteiger partial charge is 0.237 e. The zero-order valence-corrected chi connectivity index (χ0v) is 14.7. The Hall–Kier alpha value is -2.11. The maximum atomic E-state index is 12.3. The van der Waals surface area contributed by atoms with Gasteiger partial charge in [-0.25, -0.2) is 0 Å². The summed E-state index contributed by atoms with van der Waals surface area (Å²) >= 11 is 1.44. The van der Waals surface area contributed by atoms with Crippen LogP contribution in [0.5, 0.6) is 0 Å². The van der Waals surface area contributed by atoms with Crippen molar-refractivity contribution in [2.75, 3.05) is 0 Å². The summed E-state index contributed by atoms with van der Waals surface area (Å²) in [5.74, 6) is 0.0551. The van der Waals surface area contributed by atoms with Gasteiger partial charge in [0.1, 0.15) is 0 Å². The topological polar surface area (TPSA) is 38.0 Å². The molecule has 0 fully saturated rings. The van der Waals surface area contributed by atoms with Gasteiger partial charge in [0.2, 0.25) is 12.3 Å². The number of pyridine rings is 1. The monoisotopic (exact) mass is 388 g/mol. The van der Waals surface area contributed by atoms with Gasteiger partial charge in [-0.05, 0) is 11.4 Å². The molecule has 0 saturated heterocycles. The number of Topliss-reactive ketones (excluding diaryl/α,β-unsaturated/α-hetero) is 1. The third kappa shape index (κ3) is 4.21. The second-order valence-corrected chi connectivity index (χ2v) is 5.80. The Balaban J connectivity index is 0.00000192. The molecule has 0 saturated carbocycles. The number of carbonyl (C=O) groups is 2. The van der Waals surface area contributed by atoms with Crippen molar-refractivity contribution < 1.29 is 14.2 Å². The number of benzene rings is 1. The molecule has 0 radical (unpaired) electrons. The first-order chi connectivity index (χ1) is 10.7. The Labute approximate surface area is 149 Å². The van der Waals surface area contributed by atoms with Crippen LogP contribution in [0.4, 0.5) is 0 Å². The minimum Gasteiger partial charge on any atom is -0.289 e. The first kappa shape index (κ1) is 17.2. The van der Waals surface area contributed by atoms with Crippen molar-refractivity contribution in [3.8, 4) is 0 Å². The molecule has 0 spiro atoms. The third-order valence-electron chi connectivity index (χ3n) is 3.31. The summed E-state index contributed by atoms with van der Waals surface area (Å²) < 4.78 is 1.78. The van der Waals surface area contributed by atoms with E-state index in [-0.39, 0.29) is 35.1 Å². The van der Waals surface area contributed by atoms with Crippen LogP contribution in [0, 0.1) is 0 Å². The molecule has 0 aliphatic carbocycles. The average molecular weight is 389 g/mol. The van der Waals surface area contributed by atoms with E-state index in [0.29, 0.717) is 11.1 Å². The molecule has 23 heavy (non-hydrogen) atoms. The third-order valence-corrected chi connectivity index (χ3v) is 4.22. The van der Waals surface area contributed by atoms with Crippen LogP contribution in [0.2, 0.25) is 0 Å². The van der Waals surface area contributed by atoms with Crippen molar-refractivity contribution in [1.29, 1.82) is 0 Å². The number of hydrogen-bond acceptors (Lipinski definition) is 3. The van der Waals surface area contributed by atoms with Crippen molar-refractivity contribution in [3.63, 3.8) is 0 Å².